The van der Waals surface area contributed by atoms with Crippen molar-refractivity contribution in [2.45, 2.75) is 64.4 Å². The van der Waals surface area contributed by atoms with Gasteiger partial charge in [-0.3, -0.25) is 19.3 Å². The van der Waals surface area contributed by atoms with Gasteiger partial charge in [-0.25, -0.2) is 0 Å². The van der Waals surface area contributed by atoms with Crippen LogP contribution in [0.4, 0.5) is 0 Å². The molecule has 0 fully saturated rings. The van der Waals surface area contributed by atoms with Crippen molar-refractivity contribution in [3.05, 3.63) is 12.2 Å². The summed E-state index contributed by atoms with van der Waals surface area (Å²) in [7, 11) is 0. The van der Waals surface area contributed by atoms with Crippen LogP contribution in [0.3, 0.4) is 0 Å². The third kappa shape index (κ3) is 6.52. The van der Waals surface area contributed by atoms with Crippen LogP contribution < -0.4 is 5.32 Å². The van der Waals surface area contributed by atoms with Crippen LogP contribution >= 0.6 is 0 Å². The molecule has 1 aliphatic heterocycles. The quantitative estimate of drug-likeness (QED) is 0.446. The summed E-state index contributed by atoms with van der Waals surface area (Å²) in [6.07, 6.45) is 7.87. The fraction of sp³-hybridized carbons (Fsp3) is 0.706. The molecular formula is C17H28N2O4. The molecule has 0 unspecified atom stereocenters. The molecule has 3 amide bonds. The van der Waals surface area contributed by atoms with Crippen LogP contribution in [-0.2, 0) is 14.4 Å². The van der Waals surface area contributed by atoms with Gasteiger partial charge >= 0.3 is 0 Å². The van der Waals surface area contributed by atoms with Gasteiger partial charge in [0.1, 0.15) is 0 Å². The Labute approximate surface area is 137 Å². The summed E-state index contributed by atoms with van der Waals surface area (Å²) in [5.74, 6) is -0.965. The number of carbonyl (C=O) groups excluding carboxylic acids is 3. The molecule has 0 spiro atoms. The summed E-state index contributed by atoms with van der Waals surface area (Å²) >= 11 is 0. The maximum atomic E-state index is 12.0. The summed E-state index contributed by atoms with van der Waals surface area (Å²) in [5.41, 5.74) is -0.974. The zero-order valence-corrected chi connectivity index (χ0v) is 14.1. The zero-order chi connectivity index (χ0) is 17.3. The van der Waals surface area contributed by atoms with Gasteiger partial charge in [-0.1, -0.05) is 39.5 Å². The molecule has 0 saturated heterocycles. The van der Waals surface area contributed by atoms with Crippen LogP contribution in [0.25, 0.3) is 0 Å². The second-order valence-corrected chi connectivity index (χ2v) is 6.08. The lowest BCUT2D eigenvalue weighted by Crippen LogP contribution is -2.41. The fourth-order valence-corrected chi connectivity index (χ4v) is 2.59. The molecule has 0 radical (unpaired) electrons. The topological polar surface area (TPSA) is 86.7 Å². The first-order chi connectivity index (χ1) is 10.9. The number of nitrogens with one attached hydrogen (secondary N) is 1. The van der Waals surface area contributed by atoms with E-state index in [1.165, 1.54) is 12.2 Å². The molecule has 6 heteroatoms. The Morgan fingerprint density at radius 2 is 1.83 bits per heavy atom. The molecule has 1 aliphatic rings. The molecule has 23 heavy (non-hydrogen) atoms. The van der Waals surface area contributed by atoms with Gasteiger partial charge in [-0.05, 0) is 12.8 Å². The Balaban J connectivity index is 2.30. The maximum Gasteiger partial charge on any atom is 0.253 e. The molecule has 0 aromatic heterocycles. The van der Waals surface area contributed by atoms with Crippen LogP contribution in [0.2, 0.25) is 0 Å². The molecule has 0 aromatic rings. The monoisotopic (exact) mass is 324 g/mol. The average molecular weight is 324 g/mol. The number of rotatable bonds is 11. The van der Waals surface area contributed by atoms with Gasteiger partial charge in [0.2, 0.25) is 5.91 Å². The van der Waals surface area contributed by atoms with Crippen molar-refractivity contribution in [2.24, 2.45) is 0 Å². The average Bonchev–Trinajstić information content (AvgIpc) is 2.83. The molecule has 1 heterocycles. The molecule has 0 bridgehead atoms. The van der Waals surface area contributed by atoms with Gasteiger partial charge in [0, 0.05) is 25.2 Å². The van der Waals surface area contributed by atoms with Crippen molar-refractivity contribution in [3.8, 4) is 0 Å². The van der Waals surface area contributed by atoms with Crippen molar-refractivity contribution in [1.82, 2.24) is 10.2 Å². The first kappa shape index (κ1) is 19.4. The number of hydrogen-bond acceptors (Lipinski definition) is 4. The number of aliphatic hydroxyl groups is 1. The Kier molecular flexibility index (Phi) is 7.95. The van der Waals surface area contributed by atoms with E-state index in [2.05, 4.69) is 12.2 Å². The van der Waals surface area contributed by atoms with Crippen molar-refractivity contribution in [3.63, 3.8) is 0 Å². The van der Waals surface area contributed by atoms with Crippen molar-refractivity contribution >= 4 is 17.7 Å². The zero-order valence-electron chi connectivity index (χ0n) is 14.1. The predicted molar refractivity (Wildman–Crippen MR) is 87.5 cm³/mol. The maximum absolute atomic E-state index is 12.0. The molecule has 1 atom stereocenters. The lowest BCUT2D eigenvalue weighted by molar-refractivity contribution is -0.137. The predicted octanol–water partition coefficient (Wildman–Crippen LogP) is 1.53. The fourth-order valence-electron chi connectivity index (χ4n) is 2.59. The van der Waals surface area contributed by atoms with E-state index in [9.17, 15) is 19.5 Å². The third-order valence-corrected chi connectivity index (χ3v) is 4.20. The lowest BCUT2D eigenvalue weighted by Gasteiger charge is -2.26. The Bertz CT molecular complexity index is 444. The highest BCUT2D eigenvalue weighted by atomic mass is 16.3. The van der Waals surface area contributed by atoms with Gasteiger partial charge < -0.3 is 10.4 Å². The van der Waals surface area contributed by atoms with E-state index in [1.54, 1.807) is 0 Å². The molecule has 0 aliphatic carbocycles. The summed E-state index contributed by atoms with van der Waals surface area (Å²) in [5, 5.41) is 13.2. The normalized spacial score (nSPS) is 16.7. The highest BCUT2D eigenvalue weighted by Gasteiger charge is 2.28. The van der Waals surface area contributed by atoms with E-state index in [4.69, 9.17) is 0 Å². The van der Waals surface area contributed by atoms with Gasteiger partial charge in [0.25, 0.3) is 11.8 Å². The van der Waals surface area contributed by atoms with E-state index in [0.29, 0.717) is 12.8 Å². The first-order valence-electron chi connectivity index (χ1n) is 8.44. The number of hydrogen-bond donors (Lipinski definition) is 2. The molecular weight excluding hydrogens is 296 g/mol. The van der Waals surface area contributed by atoms with E-state index in [-0.39, 0.29) is 37.2 Å². The Morgan fingerprint density at radius 3 is 2.39 bits per heavy atom. The van der Waals surface area contributed by atoms with Crippen molar-refractivity contribution < 1.29 is 19.5 Å². The Morgan fingerprint density at radius 1 is 1.17 bits per heavy atom. The summed E-state index contributed by atoms with van der Waals surface area (Å²) in [6, 6.07) is 0. The standard InChI is InChI=1S/C17H28N2O4/c1-3-5-6-7-10-17(23,4-2)13-14(20)18-11-12-19-15(21)8-9-16(19)22/h8-9,23H,3-7,10-13H2,1-2H3,(H,18,20)/t17-/m1/s1. The van der Waals surface area contributed by atoms with Crippen LogP contribution in [0.1, 0.15) is 58.8 Å². The third-order valence-electron chi connectivity index (χ3n) is 4.20. The van der Waals surface area contributed by atoms with Crippen LogP contribution in [0.5, 0.6) is 0 Å². The second-order valence-electron chi connectivity index (χ2n) is 6.08. The van der Waals surface area contributed by atoms with Gasteiger partial charge in [0.15, 0.2) is 0 Å². The van der Waals surface area contributed by atoms with Gasteiger partial charge in [0.05, 0.1) is 12.0 Å². The molecule has 2 N–H and O–H groups in total. The van der Waals surface area contributed by atoms with E-state index < -0.39 is 5.60 Å². The van der Waals surface area contributed by atoms with Crippen LogP contribution in [0.15, 0.2) is 12.2 Å². The number of imide groups is 1. The largest absolute Gasteiger partial charge is 0.389 e. The molecule has 130 valence electrons. The Hall–Kier alpha value is -1.69. The highest BCUT2D eigenvalue weighted by molar-refractivity contribution is 6.12. The molecule has 1 rings (SSSR count). The second kappa shape index (κ2) is 9.45. The lowest BCUT2D eigenvalue weighted by atomic mass is 9.89. The minimum absolute atomic E-state index is 0.0514. The highest BCUT2D eigenvalue weighted by Crippen LogP contribution is 2.23. The smallest absolute Gasteiger partial charge is 0.253 e. The molecule has 0 aromatic carbocycles. The molecule has 0 saturated carbocycles. The summed E-state index contributed by atoms with van der Waals surface area (Å²) < 4.78 is 0. The SMILES string of the molecule is CCCCCC[C@](O)(CC)CC(=O)NCCN1C(=O)C=CC1=O. The number of unbranched alkanes of at least 4 members (excludes halogenated alkanes) is 3. The van der Waals surface area contributed by atoms with Crippen molar-refractivity contribution in [1.29, 1.82) is 0 Å². The summed E-state index contributed by atoms with van der Waals surface area (Å²) in [4.78, 5) is 35.8. The molecule has 6 nitrogen and oxygen atoms in total. The number of nitrogens with zero attached hydrogens (tertiary/aromatic N) is 1. The van der Waals surface area contributed by atoms with Gasteiger partial charge in [-0.2, -0.15) is 0 Å². The summed E-state index contributed by atoms with van der Waals surface area (Å²) in [6.45, 7) is 4.36. The van der Waals surface area contributed by atoms with Crippen LogP contribution in [-0.4, -0.2) is 46.4 Å². The number of amides is 3. The van der Waals surface area contributed by atoms with E-state index in [1.807, 2.05) is 6.92 Å². The number of carbonyl (C=O) groups is 3. The minimum Gasteiger partial charge on any atom is -0.389 e. The van der Waals surface area contributed by atoms with E-state index in [0.717, 1.165) is 30.6 Å². The van der Waals surface area contributed by atoms with Crippen molar-refractivity contribution in [2.75, 3.05) is 13.1 Å². The first-order valence-corrected chi connectivity index (χ1v) is 8.44. The minimum atomic E-state index is -0.974. The van der Waals surface area contributed by atoms with E-state index >= 15 is 0 Å². The van der Waals surface area contributed by atoms with Crippen LogP contribution in [0, 0.1) is 0 Å². The van der Waals surface area contributed by atoms with Gasteiger partial charge in [-0.15, -0.1) is 0 Å².